The molecule has 4 aromatic heterocycles. The summed E-state index contributed by atoms with van der Waals surface area (Å²) in [4.78, 5) is 39.6. The van der Waals surface area contributed by atoms with Crippen molar-refractivity contribution >= 4 is 33.7 Å². The van der Waals surface area contributed by atoms with Crippen LogP contribution in [0.3, 0.4) is 0 Å². The minimum atomic E-state index is -0.384. The van der Waals surface area contributed by atoms with Gasteiger partial charge in [0.2, 0.25) is 0 Å². The number of hydrogen-bond donors (Lipinski definition) is 1. The molecule has 36 heavy (non-hydrogen) atoms. The SMILES string of the molecule is O=C(Nc1cccc(-n2c(=O)c(Cc3cccnc3)nc3cccnc32)c1)c1cc2ccccc2o1. The zero-order chi connectivity index (χ0) is 24.5. The van der Waals surface area contributed by atoms with Crippen LogP contribution in [0.25, 0.3) is 27.8 Å². The van der Waals surface area contributed by atoms with Crippen LogP contribution in [0.15, 0.2) is 107 Å². The smallest absolute Gasteiger partial charge is 0.291 e. The summed E-state index contributed by atoms with van der Waals surface area (Å²) in [5, 5.41) is 3.70. The Balaban J connectivity index is 1.39. The Bertz CT molecular complexity index is 1760. The molecule has 8 nitrogen and oxygen atoms in total. The summed E-state index contributed by atoms with van der Waals surface area (Å²) in [7, 11) is 0. The molecule has 0 aliphatic carbocycles. The normalized spacial score (nSPS) is 11.1. The quantitative estimate of drug-likeness (QED) is 0.387. The first kappa shape index (κ1) is 21.4. The molecule has 174 valence electrons. The Hall–Kier alpha value is -5.11. The molecule has 0 atom stereocenters. The molecule has 0 aliphatic rings. The Kier molecular flexibility index (Phi) is 5.31. The van der Waals surface area contributed by atoms with Gasteiger partial charge in [0.1, 0.15) is 16.8 Å². The fourth-order valence-corrected chi connectivity index (χ4v) is 4.13. The second-order valence-electron chi connectivity index (χ2n) is 8.24. The molecule has 8 heteroatoms. The lowest BCUT2D eigenvalue weighted by Gasteiger charge is -2.13. The van der Waals surface area contributed by atoms with Crippen LogP contribution in [0.4, 0.5) is 5.69 Å². The molecule has 0 saturated carbocycles. The van der Waals surface area contributed by atoms with Crippen molar-refractivity contribution < 1.29 is 9.21 Å². The summed E-state index contributed by atoms with van der Waals surface area (Å²) < 4.78 is 7.19. The maximum Gasteiger partial charge on any atom is 0.291 e. The van der Waals surface area contributed by atoms with E-state index in [4.69, 9.17) is 4.42 Å². The van der Waals surface area contributed by atoms with Gasteiger partial charge in [0.05, 0.1) is 5.69 Å². The van der Waals surface area contributed by atoms with Gasteiger partial charge in [0, 0.05) is 36.1 Å². The van der Waals surface area contributed by atoms with Gasteiger partial charge in [-0.05, 0) is 54.1 Å². The van der Waals surface area contributed by atoms with Crippen molar-refractivity contribution in [2.45, 2.75) is 6.42 Å². The van der Waals surface area contributed by atoms with Crippen LogP contribution < -0.4 is 10.9 Å². The first-order valence-electron chi connectivity index (χ1n) is 11.3. The van der Waals surface area contributed by atoms with Gasteiger partial charge < -0.3 is 9.73 Å². The van der Waals surface area contributed by atoms with Crippen LogP contribution in [0.1, 0.15) is 21.8 Å². The second kappa shape index (κ2) is 8.92. The minimum absolute atomic E-state index is 0.202. The van der Waals surface area contributed by atoms with Crippen LogP contribution in [0.5, 0.6) is 0 Å². The highest BCUT2D eigenvalue weighted by molar-refractivity contribution is 6.04. The Morgan fingerprint density at radius 2 is 1.83 bits per heavy atom. The van der Waals surface area contributed by atoms with E-state index in [2.05, 4.69) is 20.3 Å². The first-order valence-corrected chi connectivity index (χ1v) is 11.3. The molecule has 0 saturated heterocycles. The number of para-hydroxylation sites is 1. The zero-order valence-corrected chi connectivity index (χ0v) is 19.0. The maximum absolute atomic E-state index is 13.6. The van der Waals surface area contributed by atoms with Gasteiger partial charge >= 0.3 is 0 Å². The number of hydrogen-bond acceptors (Lipinski definition) is 6. The minimum Gasteiger partial charge on any atom is -0.451 e. The Morgan fingerprint density at radius 3 is 2.69 bits per heavy atom. The van der Waals surface area contributed by atoms with Crippen LogP contribution in [0, 0.1) is 0 Å². The van der Waals surface area contributed by atoms with Gasteiger partial charge in [-0.1, -0.05) is 30.3 Å². The van der Waals surface area contributed by atoms with Crippen molar-refractivity contribution in [3.63, 3.8) is 0 Å². The van der Waals surface area contributed by atoms with Gasteiger partial charge in [-0.25, -0.2) is 9.97 Å². The molecule has 0 aliphatic heterocycles. The molecule has 1 amide bonds. The molecule has 0 bridgehead atoms. The summed E-state index contributed by atoms with van der Waals surface area (Å²) in [5.74, 6) is -0.181. The number of benzene rings is 2. The van der Waals surface area contributed by atoms with Crippen LogP contribution in [-0.2, 0) is 6.42 Å². The van der Waals surface area contributed by atoms with E-state index in [1.165, 1.54) is 4.57 Å². The molecule has 6 rings (SSSR count). The number of aromatic nitrogens is 4. The Morgan fingerprint density at radius 1 is 0.944 bits per heavy atom. The van der Waals surface area contributed by atoms with Gasteiger partial charge in [0.25, 0.3) is 11.5 Å². The highest BCUT2D eigenvalue weighted by atomic mass is 16.3. The van der Waals surface area contributed by atoms with Crippen molar-refractivity contribution in [3.8, 4) is 5.69 Å². The third-order valence-corrected chi connectivity index (χ3v) is 5.79. The molecular weight excluding hydrogens is 454 g/mol. The predicted molar refractivity (Wildman–Crippen MR) is 136 cm³/mol. The number of nitrogens with one attached hydrogen (secondary N) is 1. The standard InChI is InChI=1S/C28H19N5O3/c34-27(25-15-19-7-1-2-11-24(19)36-25)31-20-8-3-9-21(16-20)33-26-22(10-5-13-30-26)32-23(28(33)35)14-18-6-4-12-29-17-18/h1-13,15-17H,14H2,(H,31,34). The number of carbonyl (C=O) groups is 1. The van der Waals surface area contributed by atoms with Crippen molar-refractivity contribution in [1.29, 1.82) is 0 Å². The lowest BCUT2D eigenvalue weighted by molar-refractivity contribution is 0.0998. The molecule has 0 unspecified atom stereocenters. The van der Waals surface area contributed by atoms with E-state index < -0.39 is 0 Å². The fourth-order valence-electron chi connectivity index (χ4n) is 4.13. The number of rotatable bonds is 5. The third kappa shape index (κ3) is 4.01. The number of furan rings is 1. The molecule has 0 fully saturated rings. The van der Waals surface area contributed by atoms with Crippen molar-refractivity contribution in [1.82, 2.24) is 19.5 Å². The van der Waals surface area contributed by atoms with Crippen LogP contribution in [0.2, 0.25) is 0 Å². The highest BCUT2D eigenvalue weighted by Crippen LogP contribution is 2.22. The van der Waals surface area contributed by atoms with Gasteiger partial charge in [-0.2, -0.15) is 0 Å². The van der Waals surface area contributed by atoms with E-state index in [9.17, 15) is 9.59 Å². The second-order valence-corrected chi connectivity index (χ2v) is 8.24. The van der Waals surface area contributed by atoms with E-state index in [0.29, 0.717) is 40.2 Å². The van der Waals surface area contributed by atoms with Crippen LogP contribution in [-0.4, -0.2) is 25.4 Å². The maximum atomic E-state index is 13.6. The van der Waals surface area contributed by atoms with Crippen molar-refractivity contribution in [2.24, 2.45) is 0 Å². The molecule has 0 radical (unpaired) electrons. The lowest BCUT2D eigenvalue weighted by atomic mass is 10.1. The van der Waals surface area contributed by atoms with E-state index in [1.54, 1.807) is 55.0 Å². The summed E-state index contributed by atoms with van der Waals surface area (Å²) in [6.45, 7) is 0. The highest BCUT2D eigenvalue weighted by Gasteiger charge is 2.16. The molecule has 6 aromatic rings. The van der Waals surface area contributed by atoms with Crippen LogP contribution >= 0.6 is 0 Å². The number of fused-ring (bicyclic) bond motifs is 2. The number of amides is 1. The van der Waals surface area contributed by atoms with Gasteiger partial charge in [-0.15, -0.1) is 0 Å². The molecule has 1 N–H and O–H groups in total. The van der Waals surface area contributed by atoms with E-state index in [1.807, 2.05) is 42.5 Å². The summed E-state index contributed by atoms with van der Waals surface area (Å²) >= 11 is 0. The van der Waals surface area contributed by atoms with E-state index in [-0.39, 0.29) is 17.2 Å². The number of nitrogens with zero attached hydrogens (tertiary/aromatic N) is 4. The van der Waals surface area contributed by atoms with E-state index in [0.717, 1.165) is 10.9 Å². The molecule has 2 aromatic carbocycles. The predicted octanol–water partition coefficient (Wildman–Crippen LogP) is 4.77. The number of pyridine rings is 2. The first-order chi connectivity index (χ1) is 17.7. The average molecular weight is 473 g/mol. The molecule has 0 spiro atoms. The largest absolute Gasteiger partial charge is 0.451 e. The number of anilines is 1. The van der Waals surface area contributed by atoms with E-state index >= 15 is 0 Å². The summed E-state index contributed by atoms with van der Waals surface area (Å²) in [6, 6.07) is 23.5. The van der Waals surface area contributed by atoms with Gasteiger partial charge in [0.15, 0.2) is 11.4 Å². The van der Waals surface area contributed by atoms with Gasteiger partial charge in [-0.3, -0.25) is 19.1 Å². The summed E-state index contributed by atoms with van der Waals surface area (Å²) in [5.41, 5.74) is 3.69. The topological polar surface area (TPSA) is 103 Å². The number of carbonyl (C=O) groups excluding carboxylic acids is 1. The van der Waals surface area contributed by atoms with Crippen molar-refractivity contribution in [2.75, 3.05) is 5.32 Å². The zero-order valence-electron chi connectivity index (χ0n) is 19.0. The molecule has 4 heterocycles. The third-order valence-electron chi connectivity index (χ3n) is 5.79. The van der Waals surface area contributed by atoms with Crippen molar-refractivity contribution in [3.05, 3.63) is 125 Å². The summed E-state index contributed by atoms with van der Waals surface area (Å²) in [6.07, 6.45) is 5.35. The molecular formula is C28H19N5O3. The fraction of sp³-hybridized carbons (Fsp3) is 0.0357. The monoisotopic (exact) mass is 473 g/mol. The lowest BCUT2D eigenvalue weighted by Crippen LogP contribution is -2.25. The Labute approximate surface area is 204 Å². The average Bonchev–Trinajstić information content (AvgIpc) is 3.35.